The number of methoxy groups -OCH3 is 1. The van der Waals surface area contributed by atoms with Crippen LogP contribution < -0.4 is 9.44 Å². The van der Waals surface area contributed by atoms with Crippen LogP contribution >= 0.6 is 11.8 Å². The third-order valence-electron chi connectivity index (χ3n) is 2.01. The first-order valence-electron chi connectivity index (χ1n) is 6.10. The Balaban J connectivity index is 4.74. The largest absolute Gasteiger partial charge is 0.468 e. The fourth-order valence-electron chi connectivity index (χ4n) is 1.23. The summed E-state index contributed by atoms with van der Waals surface area (Å²) in [5, 5.41) is 0. The number of carbonyl (C=O) groups is 2. The number of carbonyl (C=O) groups excluding carboxylic acids is 2. The molecule has 2 N–H and O–H groups in total. The standard InChI is InChI=1S/C11H22N2O6S2/c1-11(2,3)19-10(15)13-21(16,17)12-8(6-7-20-5)9(14)18-4/h8,12H,6-7H2,1-5H3,(H,13,15)/t8-/m0/s1. The molecule has 0 aliphatic rings. The van der Waals surface area contributed by atoms with Gasteiger partial charge in [-0.05, 0) is 39.2 Å². The first-order chi connectivity index (χ1) is 9.50. The average molecular weight is 342 g/mol. The van der Waals surface area contributed by atoms with Crippen molar-refractivity contribution in [2.45, 2.75) is 38.8 Å². The Hall–Kier alpha value is -1.00. The highest BCUT2D eigenvalue weighted by atomic mass is 32.2. The van der Waals surface area contributed by atoms with Gasteiger partial charge in [-0.25, -0.2) is 9.52 Å². The molecule has 0 aromatic carbocycles. The van der Waals surface area contributed by atoms with Crippen molar-refractivity contribution < 1.29 is 27.5 Å². The molecule has 0 fully saturated rings. The maximum absolute atomic E-state index is 11.8. The molecule has 0 heterocycles. The van der Waals surface area contributed by atoms with Gasteiger partial charge < -0.3 is 9.47 Å². The molecule has 0 bridgehead atoms. The molecule has 1 atom stereocenters. The monoisotopic (exact) mass is 342 g/mol. The number of hydrogen-bond donors (Lipinski definition) is 2. The van der Waals surface area contributed by atoms with Crippen molar-refractivity contribution in [3.05, 3.63) is 0 Å². The second-order valence-corrected chi connectivity index (χ2v) is 7.51. The molecule has 0 aliphatic heterocycles. The number of hydrogen-bond acceptors (Lipinski definition) is 7. The SMILES string of the molecule is COC(=O)[C@H](CCSC)NS(=O)(=O)NC(=O)OC(C)(C)C. The van der Waals surface area contributed by atoms with Crippen molar-refractivity contribution in [2.24, 2.45) is 0 Å². The summed E-state index contributed by atoms with van der Waals surface area (Å²) in [6, 6.07) is -1.07. The second-order valence-electron chi connectivity index (χ2n) is 5.08. The maximum atomic E-state index is 11.8. The van der Waals surface area contributed by atoms with Crippen LogP contribution in [0.15, 0.2) is 0 Å². The third-order valence-corrected chi connectivity index (χ3v) is 3.68. The van der Waals surface area contributed by atoms with E-state index < -0.39 is 33.9 Å². The lowest BCUT2D eigenvalue weighted by Gasteiger charge is -2.21. The van der Waals surface area contributed by atoms with Crippen LogP contribution in [-0.2, 0) is 24.5 Å². The van der Waals surface area contributed by atoms with E-state index in [0.717, 1.165) is 7.11 Å². The Bertz CT molecular complexity index is 458. The lowest BCUT2D eigenvalue weighted by atomic mass is 10.2. The molecule has 0 rings (SSSR count). The van der Waals surface area contributed by atoms with E-state index in [2.05, 4.69) is 9.46 Å². The lowest BCUT2D eigenvalue weighted by molar-refractivity contribution is -0.142. The molecule has 8 nitrogen and oxygen atoms in total. The molecule has 0 radical (unpaired) electrons. The molecular formula is C11H22N2O6S2. The number of amides is 1. The minimum atomic E-state index is -4.22. The summed E-state index contributed by atoms with van der Waals surface area (Å²) in [5.74, 6) is -0.173. The van der Waals surface area contributed by atoms with Gasteiger partial charge >= 0.3 is 22.3 Å². The minimum Gasteiger partial charge on any atom is -0.468 e. The molecule has 0 unspecified atom stereocenters. The Morgan fingerprint density at radius 1 is 1.29 bits per heavy atom. The van der Waals surface area contributed by atoms with Gasteiger partial charge in [-0.2, -0.15) is 24.9 Å². The lowest BCUT2D eigenvalue weighted by Crippen LogP contribution is -2.49. The highest BCUT2D eigenvalue weighted by Crippen LogP contribution is 2.07. The summed E-state index contributed by atoms with van der Waals surface area (Å²) < 4.78 is 36.7. The van der Waals surface area contributed by atoms with E-state index in [1.54, 1.807) is 25.5 Å². The molecule has 0 aromatic rings. The quantitative estimate of drug-likeness (QED) is 0.653. The summed E-state index contributed by atoms with van der Waals surface area (Å²) in [4.78, 5) is 22.9. The summed E-state index contributed by atoms with van der Waals surface area (Å²) >= 11 is 1.45. The smallest absolute Gasteiger partial charge is 0.422 e. The van der Waals surface area contributed by atoms with Gasteiger partial charge in [-0.1, -0.05) is 0 Å². The zero-order valence-electron chi connectivity index (χ0n) is 12.8. The van der Waals surface area contributed by atoms with Gasteiger partial charge in [-0.3, -0.25) is 4.79 Å². The summed E-state index contributed by atoms with van der Waals surface area (Å²) in [5.41, 5.74) is -0.833. The van der Waals surface area contributed by atoms with E-state index in [1.807, 2.05) is 6.26 Å². The number of thioether (sulfide) groups is 1. The van der Waals surface area contributed by atoms with Gasteiger partial charge in [-0.15, -0.1) is 0 Å². The molecular weight excluding hydrogens is 320 g/mol. The van der Waals surface area contributed by atoms with E-state index in [4.69, 9.17) is 4.74 Å². The Labute approximate surface area is 129 Å². The fourth-order valence-corrected chi connectivity index (χ4v) is 2.61. The molecule has 0 aromatic heterocycles. The van der Waals surface area contributed by atoms with Gasteiger partial charge in [0.15, 0.2) is 0 Å². The topological polar surface area (TPSA) is 111 Å². The molecule has 1 amide bonds. The van der Waals surface area contributed by atoms with E-state index >= 15 is 0 Å². The maximum Gasteiger partial charge on any atom is 0.422 e. The number of ether oxygens (including phenoxy) is 2. The zero-order chi connectivity index (χ0) is 16.7. The van der Waals surface area contributed by atoms with Crippen molar-refractivity contribution in [1.29, 1.82) is 0 Å². The van der Waals surface area contributed by atoms with Crippen molar-refractivity contribution in [3.8, 4) is 0 Å². The summed E-state index contributed by atoms with van der Waals surface area (Å²) in [6.07, 6.45) is 0.939. The molecule has 0 saturated heterocycles. The summed E-state index contributed by atoms with van der Waals surface area (Å²) in [7, 11) is -3.07. The van der Waals surface area contributed by atoms with Crippen molar-refractivity contribution in [2.75, 3.05) is 19.1 Å². The predicted octanol–water partition coefficient (Wildman–Crippen LogP) is 0.640. The molecule has 10 heteroatoms. The highest BCUT2D eigenvalue weighted by molar-refractivity contribution is 7.98. The van der Waals surface area contributed by atoms with Crippen molar-refractivity contribution in [1.82, 2.24) is 9.44 Å². The van der Waals surface area contributed by atoms with Gasteiger partial charge in [0.25, 0.3) is 0 Å². The predicted molar refractivity (Wildman–Crippen MR) is 80.2 cm³/mol. The average Bonchev–Trinajstić information content (AvgIpc) is 2.29. The fraction of sp³-hybridized carbons (Fsp3) is 0.818. The molecule has 0 aliphatic carbocycles. The van der Waals surface area contributed by atoms with E-state index in [-0.39, 0.29) is 6.42 Å². The second kappa shape index (κ2) is 8.44. The minimum absolute atomic E-state index is 0.239. The van der Waals surface area contributed by atoms with Gasteiger partial charge in [0.1, 0.15) is 11.6 Å². The van der Waals surface area contributed by atoms with Gasteiger partial charge in [0, 0.05) is 0 Å². The van der Waals surface area contributed by atoms with Crippen LogP contribution in [-0.4, -0.2) is 51.2 Å². The Morgan fingerprint density at radius 2 is 1.86 bits per heavy atom. The van der Waals surface area contributed by atoms with Gasteiger partial charge in [0.2, 0.25) is 0 Å². The third kappa shape index (κ3) is 9.53. The van der Waals surface area contributed by atoms with Crippen LogP contribution in [0.4, 0.5) is 4.79 Å². The zero-order valence-corrected chi connectivity index (χ0v) is 14.4. The van der Waals surface area contributed by atoms with Crippen molar-refractivity contribution in [3.63, 3.8) is 0 Å². The first-order valence-corrected chi connectivity index (χ1v) is 8.98. The van der Waals surface area contributed by atoms with Crippen LogP contribution in [0.2, 0.25) is 0 Å². The Kier molecular flexibility index (Phi) is 8.04. The van der Waals surface area contributed by atoms with Crippen LogP contribution in [0.1, 0.15) is 27.2 Å². The van der Waals surface area contributed by atoms with Crippen molar-refractivity contribution >= 4 is 34.0 Å². The molecule has 0 spiro atoms. The number of rotatable bonds is 7. The normalized spacial score (nSPS) is 13.4. The van der Waals surface area contributed by atoms with Crippen LogP contribution in [0.3, 0.4) is 0 Å². The molecule has 124 valence electrons. The molecule has 21 heavy (non-hydrogen) atoms. The van der Waals surface area contributed by atoms with Crippen LogP contribution in [0.5, 0.6) is 0 Å². The van der Waals surface area contributed by atoms with E-state index in [0.29, 0.717) is 5.75 Å². The van der Waals surface area contributed by atoms with E-state index in [9.17, 15) is 18.0 Å². The number of esters is 1. The molecule has 0 saturated carbocycles. The first kappa shape index (κ1) is 20.0. The Morgan fingerprint density at radius 3 is 2.29 bits per heavy atom. The van der Waals surface area contributed by atoms with Gasteiger partial charge in [0.05, 0.1) is 7.11 Å². The van der Waals surface area contributed by atoms with E-state index in [1.165, 1.54) is 11.8 Å². The van der Waals surface area contributed by atoms with Crippen LogP contribution in [0.25, 0.3) is 0 Å². The summed E-state index contributed by atoms with van der Waals surface area (Å²) in [6.45, 7) is 4.80. The number of nitrogens with one attached hydrogen (secondary N) is 2. The highest BCUT2D eigenvalue weighted by Gasteiger charge is 2.27. The van der Waals surface area contributed by atoms with Crippen LogP contribution in [0, 0.1) is 0 Å².